The van der Waals surface area contributed by atoms with Gasteiger partial charge >= 0.3 is 0 Å². The number of nitrogens with zero attached hydrogens (tertiary/aromatic N) is 1. The van der Waals surface area contributed by atoms with Crippen molar-refractivity contribution in [1.29, 1.82) is 0 Å². The van der Waals surface area contributed by atoms with Gasteiger partial charge in [0.25, 0.3) is 0 Å². The molecule has 1 unspecified atom stereocenters. The van der Waals surface area contributed by atoms with E-state index in [1.165, 1.54) is 0 Å². The van der Waals surface area contributed by atoms with Crippen molar-refractivity contribution in [3.05, 3.63) is 41.7 Å². The number of rotatable bonds is 3. The van der Waals surface area contributed by atoms with E-state index in [2.05, 4.69) is 11.6 Å². The molecule has 1 aromatic heterocycles. The molecular weight excluding hydrogens is 162 g/mol. The predicted octanol–water partition coefficient (Wildman–Crippen LogP) is 2.39. The van der Waals surface area contributed by atoms with Crippen molar-refractivity contribution in [2.24, 2.45) is 0 Å². The summed E-state index contributed by atoms with van der Waals surface area (Å²) in [5.41, 5.74) is 2.95. The lowest BCUT2D eigenvalue weighted by atomic mass is 10.0. The van der Waals surface area contributed by atoms with Gasteiger partial charge in [0.2, 0.25) is 0 Å². The van der Waals surface area contributed by atoms with Crippen molar-refractivity contribution in [1.82, 2.24) is 4.98 Å². The van der Waals surface area contributed by atoms with Crippen LogP contribution in [0, 0.1) is 6.92 Å². The van der Waals surface area contributed by atoms with Crippen LogP contribution in [0.4, 0.5) is 0 Å². The average molecular weight is 177 g/mol. The largest absolute Gasteiger partial charge is 0.388 e. The number of aromatic nitrogens is 1. The molecule has 1 heterocycles. The number of pyridine rings is 1. The first-order valence-corrected chi connectivity index (χ1v) is 4.34. The summed E-state index contributed by atoms with van der Waals surface area (Å²) in [7, 11) is 0. The molecule has 0 spiro atoms. The monoisotopic (exact) mass is 177 g/mol. The van der Waals surface area contributed by atoms with Crippen LogP contribution < -0.4 is 0 Å². The van der Waals surface area contributed by atoms with Gasteiger partial charge in [-0.3, -0.25) is 4.98 Å². The van der Waals surface area contributed by atoms with Crippen LogP contribution in [-0.2, 0) is 0 Å². The second-order valence-electron chi connectivity index (χ2n) is 3.41. The molecule has 0 saturated heterocycles. The summed E-state index contributed by atoms with van der Waals surface area (Å²) < 4.78 is 0. The Bertz CT molecular complexity index is 307. The highest BCUT2D eigenvalue weighted by Gasteiger charge is 2.09. The number of aliphatic hydroxyl groups excluding tert-OH is 1. The van der Waals surface area contributed by atoms with E-state index in [4.69, 9.17) is 0 Å². The SMILES string of the molecule is C=C(C)CC(O)c1cnccc1C. The molecule has 1 rings (SSSR count). The Morgan fingerprint density at radius 1 is 1.69 bits per heavy atom. The first kappa shape index (κ1) is 9.93. The van der Waals surface area contributed by atoms with Crippen molar-refractivity contribution in [3.8, 4) is 0 Å². The minimum absolute atomic E-state index is 0.466. The Morgan fingerprint density at radius 3 is 2.92 bits per heavy atom. The van der Waals surface area contributed by atoms with Gasteiger partial charge in [0.15, 0.2) is 0 Å². The van der Waals surface area contributed by atoms with E-state index in [1.807, 2.05) is 19.9 Å². The van der Waals surface area contributed by atoms with Gasteiger partial charge in [-0.25, -0.2) is 0 Å². The van der Waals surface area contributed by atoms with E-state index >= 15 is 0 Å². The summed E-state index contributed by atoms with van der Waals surface area (Å²) >= 11 is 0. The molecule has 1 aromatic rings. The quantitative estimate of drug-likeness (QED) is 0.719. The molecule has 0 aliphatic rings. The van der Waals surface area contributed by atoms with Crippen LogP contribution in [0.15, 0.2) is 30.6 Å². The first-order chi connectivity index (χ1) is 6.11. The second-order valence-corrected chi connectivity index (χ2v) is 3.41. The van der Waals surface area contributed by atoms with Crippen molar-refractivity contribution < 1.29 is 5.11 Å². The summed E-state index contributed by atoms with van der Waals surface area (Å²) in [5.74, 6) is 0. The highest BCUT2D eigenvalue weighted by atomic mass is 16.3. The van der Waals surface area contributed by atoms with Crippen molar-refractivity contribution >= 4 is 0 Å². The normalized spacial score (nSPS) is 12.5. The van der Waals surface area contributed by atoms with Crippen LogP contribution >= 0.6 is 0 Å². The van der Waals surface area contributed by atoms with E-state index in [9.17, 15) is 5.11 Å². The van der Waals surface area contributed by atoms with E-state index in [0.717, 1.165) is 16.7 Å². The zero-order chi connectivity index (χ0) is 9.84. The third kappa shape index (κ3) is 2.67. The summed E-state index contributed by atoms with van der Waals surface area (Å²) in [6.45, 7) is 7.65. The maximum absolute atomic E-state index is 9.77. The highest BCUT2D eigenvalue weighted by molar-refractivity contribution is 5.24. The number of hydrogen-bond donors (Lipinski definition) is 1. The Kier molecular flexibility index (Phi) is 3.20. The van der Waals surface area contributed by atoms with Gasteiger partial charge in [-0.1, -0.05) is 5.57 Å². The van der Waals surface area contributed by atoms with Crippen LogP contribution in [0.3, 0.4) is 0 Å². The molecule has 2 heteroatoms. The standard InChI is InChI=1S/C11H15NO/c1-8(2)6-11(13)10-7-12-5-4-9(10)3/h4-5,7,11,13H,1,6H2,2-3H3. The molecule has 2 nitrogen and oxygen atoms in total. The average Bonchev–Trinajstić information content (AvgIpc) is 2.03. The summed E-state index contributed by atoms with van der Waals surface area (Å²) in [5, 5.41) is 9.77. The number of aliphatic hydroxyl groups is 1. The molecule has 0 radical (unpaired) electrons. The Labute approximate surface area is 78.9 Å². The molecule has 0 saturated carbocycles. The smallest absolute Gasteiger partial charge is 0.0844 e. The lowest BCUT2D eigenvalue weighted by Gasteiger charge is -2.12. The van der Waals surface area contributed by atoms with Gasteiger partial charge < -0.3 is 5.11 Å². The minimum Gasteiger partial charge on any atom is -0.388 e. The highest BCUT2D eigenvalue weighted by Crippen LogP contribution is 2.21. The third-order valence-electron chi connectivity index (χ3n) is 1.98. The van der Waals surface area contributed by atoms with E-state index in [-0.39, 0.29) is 0 Å². The lowest BCUT2D eigenvalue weighted by Crippen LogP contribution is -2.00. The van der Waals surface area contributed by atoms with Gasteiger partial charge in [-0.05, 0) is 31.9 Å². The van der Waals surface area contributed by atoms with E-state index in [1.54, 1.807) is 12.4 Å². The summed E-state index contributed by atoms with van der Waals surface area (Å²) in [6, 6.07) is 1.90. The summed E-state index contributed by atoms with van der Waals surface area (Å²) in [6.07, 6.45) is 3.58. The maximum atomic E-state index is 9.77. The van der Waals surface area contributed by atoms with Gasteiger partial charge in [0.05, 0.1) is 6.10 Å². The Balaban J connectivity index is 2.82. The fourth-order valence-electron chi connectivity index (χ4n) is 1.27. The fourth-order valence-corrected chi connectivity index (χ4v) is 1.27. The van der Waals surface area contributed by atoms with Crippen molar-refractivity contribution in [2.75, 3.05) is 0 Å². The maximum Gasteiger partial charge on any atom is 0.0844 e. The zero-order valence-electron chi connectivity index (χ0n) is 8.12. The molecule has 0 bridgehead atoms. The molecule has 0 aliphatic carbocycles. The van der Waals surface area contributed by atoms with Crippen LogP contribution in [0.1, 0.15) is 30.6 Å². The minimum atomic E-state index is -0.466. The van der Waals surface area contributed by atoms with Crippen molar-refractivity contribution in [3.63, 3.8) is 0 Å². The lowest BCUT2D eigenvalue weighted by molar-refractivity contribution is 0.177. The third-order valence-corrected chi connectivity index (χ3v) is 1.98. The van der Waals surface area contributed by atoms with E-state index in [0.29, 0.717) is 6.42 Å². The Hall–Kier alpha value is -1.15. The molecule has 70 valence electrons. The molecular formula is C11H15NO. The summed E-state index contributed by atoms with van der Waals surface area (Å²) in [4.78, 5) is 3.98. The first-order valence-electron chi connectivity index (χ1n) is 4.34. The van der Waals surface area contributed by atoms with Crippen LogP contribution in [0.25, 0.3) is 0 Å². The molecule has 0 amide bonds. The molecule has 0 fully saturated rings. The van der Waals surface area contributed by atoms with Gasteiger partial charge in [0, 0.05) is 18.0 Å². The van der Waals surface area contributed by atoms with Gasteiger partial charge in [-0.15, -0.1) is 6.58 Å². The predicted molar refractivity (Wildman–Crippen MR) is 53.4 cm³/mol. The van der Waals surface area contributed by atoms with Gasteiger partial charge in [0.1, 0.15) is 0 Å². The topological polar surface area (TPSA) is 33.1 Å². The fraction of sp³-hybridized carbons (Fsp3) is 0.364. The molecule has 0 aliphatic heterocycles. The Morgan fingerprint density at radius 2 is 2.38 bits per heavy atom. The van der Waals surface area contributed by atoms with Crippen LogP contribution in [0.5, 0.6) is 0 Å². The second kappa shape index (κ2) is 4.19. The van der Waals surface area contributed by atoms with Crippen LogP contribution in [0.2, 0.25) is 0 Å². The molecule has 1 atom stereocenters. The molecule has 13 heavy (non-hydrogen) atoms. The zero-order valence-corrected chi connectivity index (χ0v) is 8.12. The van der Waals surface area contributed by atoms with E-state index < -0.39 is 6.10 Å². The van der Waals surface area contributed by atoms with Crippen LogP contribution in [-0.4, -0.2) is 10.1 Å². The van der Waals surface area contributed by atoms with Crippen molar-refractivity contribution in [2.45, 2.75) is 26.4 Å². The molecule has 1 N–H and O–H groups in total. The number of hydrogen-bond acceptors (Lipinski definition) is 2. The molecule has 0 aromatic carbocycles. The number of aryl methyl sites for hydroxylation is 1. The van der Waals surface area contributed by atoms with Gasteiger partial charge in [-0.2, -0.15) is 0 Å².